The van der Waals surface area contributed by atoms with Gasteiger partial charge in [-0.15, -0.1) is 0 Å². The Hall–Kier alpha value is -0.0800. The van der Waals surface area contributed by atoms with Crippen LogP contribution < -0.4 is 5.73 Å². The van der Waals surface area contributed by atoms with Crippen LogP contribution in [-0.4, -0.2) is 17.3 Å². The van der Waals surface area contributed by atoms with Crippen LogP contribution in [0.4, 0.5) is 0 Å². The van der Waals surface area contributed by atoms with E-state index in [9.17, 15) is 5.11 Å². The molecule has 2 unspecified atom stereocenters. The molecule has 0 aliphatic heterocycles. The first-order chi connectivity index (χ1) is 5.10. The van der Waals surface area contributed by atoms with Gasteiger partial charge < -0.3 is 10.8 Å². The average Bonchev–Trinajstić information content (AvgIpc) is 2.03. The van der Waals surface area contributed by atoms with Crippen LogP contribution in [0.2, 0.25) is 0 Å². The van der Waals surface area contributed by atoms with Gasteiger partial charge in [0.05, 0.1) is 5.60 Å². The van der Waals surface area contributed by atoms with Gasteiger partial charge in [-0.25, -0.2) is 0 Å². The van der Waals surface area contributed by atoms with E-state index in [4.69, 9.17) is 5.73 Å². The molecule has 0 aliphatic rings. The van der Waals surface area contributed by atoms with Crippen LogP contribution >= 0.6 is 0 Å². The number of nitrogens with two attached hydrogens (primary N) is 1. The molecule has 68 valence electrons. The number of hydrogen-bond acceptors (Lipinski definition) is 2. The van der Waals surface area contributed by atoms with E-state index in [1.165, 1.54) is 0 Å². The second-order valence-electron chi connectivity index (χ2n) is 3.34. The van der Waals surface area contributed by atoms with Crippen LogP contribution in [0, 0.1) is 5.92 Å². The molecule has 0 heterocycles. The molecule has 0 bridgehead atoms. The maximum Gasteiger partial charge on any atom is 0.0682 e. The van der Waals surface area contributed by atoms with E-state index in [1.54, 1.807) is 0 Å². The lowest BCUT2D eigenvalue weighted by Gasteiger charge is -2.32. The summed E-state index contributed by atoms with van der Waals surface area (Å²) in [6, 6.07) is 0. The first-order valence-corrected chi connectivity index (χ1v) is 4.53. The zero-order valence-corrected chi connectivity index (χ0v) is 7.93. The Morgan fingerprint density at radius 1 is 1.45 bits per heavy atom. The summed E-state index contributed by atoms with van der Waals surface area (Å²) in [5.74, 6) is 0.215. The highest BCUT2D eigenvalue weighted by molar-refractivity contribution is 4.82. The van der Waals surface area contributed by atoms with Crippen molar-refractivity contribution < 1.29 is 5.11 Å². The first kappa shape index (κ1) is 10.9. The summed E-state index contributed by atoms with van der Waals surface area (Å²) in [7, 11) is 0. The molecule has 0 fully saturated rings. The highest BCUT2D eigenvalue weighted by Crippen LogP contribution is 2.25. The van der Waals surface area contributed by atoms with Gasteiger partial charge in [-0.05, 0) is 25.3 Å². The zero-order chi connectivity index (χ0) is 8.91. The number of rotatable bonds is 5. The Labute approximate surface area is 69.8 Å². The predicted octanol–water partition coefficient (Wildman–Crippen LogP) is 1.52. The molecule has 0 radical (unpaired) electrons. The Kier molecular flexibility index (Phi) is 4.69. The van der Waals surface area contributed by atoms with Gasteiger partial charge in [-0.2, -0.15) is 0 Å². The van der Waals surface area contributed by atoms with Crippen molar-refractivity contribution >= 4 is 0 Å². The van der Waals surface area contributed by atoms with Gasteiger partial charge in [0.25, 0.3) is 0 Å². The summed E-state index contributed by atoms with van der Waals surface area (Å²) in [6.45, 7) is 6.69. The molecular formula is C9H21NO. The highest BCUT2D eigenvalue weighted by Gasteiger charge is 2.29. The minimum Gasteiger partial charge on any atom is -0.390 e. The van der Waals surface area contributed by atoms with E-state index in [0.717, 1.165) is 19.3 Å². The lowest BCUT2D eigenvalue weighted by molar-refractivity contribution is -0.0204. The Morgan fingerprint density at radius 2 is 2.00 bits per heavy atom. The van der Waals surface area contributed by atoms with E-state index in [1.807, 2.05) is 13.8 Å². The van der Waals surface area contributed by atoms with Crippen molar-refractivity contribution in [2.75, 3.05) is 6.54 Å². The van der Waals surface area contributed by atoms with Gasteiger partial charge in [0.2, 0.25) is 0 Å². The second-order valence-corrected chi connectivity index (χ2v) is 3.34. The van der Waals surface area contributed by atoms with Gasteiger partial charge in [0.15, 0.2) is 0 Å². The average molecular weight is 159 g/mol. The fraction of sp³-hybridized carbons (Fsp3) is 1.00. The maximum atomic E-state index is 10.0. The van der Waals surface area contributed by atoms with Gasteiger partial charge in [0, 0.05) is 0 Å². The monoisotopic (exact) mass is 159 g/mol. The van der Waals surface area contributed by atoms with Crippen molar-refractivity contribution in [1.82, 2.24) is 0 Å². The molecule has 11 heavy (non-hydrogen) atoms. The number of hydrogen-bond donors (Lipinski definition) is 2. The van der Waals surface area contributed by atoms with Crippen molar-refractivity contribution in [3.63, 3.8) is 0 Å². The van der Waals surface area contributed by atoms with Gasteiger partial charge >= 0.3 is 0 Å². The summed E-state index contributed by atoms with van der Waals surface area (Å²) in [5, 5.41) is 10.0. The van der Waals surface area contributed by atoms with Crippen LogP contribution in [0.3, 0.4) is 0 Å². The number of aliphatic hydroxyl groups is 1. The van der Waals surface area contributed by atoms with E-state index < -0.39 is 5.60 Å². The summed E-state index contributed by atoms with van der Waals surface area (Å²) >= 11 is 0. The Bertz CT molecular complexity index is 106. The minimum atomic E-state index is -0.524. The van der Waals surface area contributed by atoms with E-state index in [2.05, 4.69) is 6.92 Å². The molecule has 2 heteroatoms. The molecule has 0 aromatic carbocycles. The van der Waals surface area contributed by atoms with Crippen molar-refractivity contribution in [2.24, 2.45) is 11.7 Å². The predicted molar refractivity (Wildman–Crippen MR) is 48.4 cm³/mol. The molecule has 2 atom stereocenters. The molecule has 0 aromatic rings. The molecule has 0 saturated heterocycles. The van der Waals surface area contributed by atoms with Crippen LogP contribution in [0.5, 0.6) is 0 Å². The minimum absolute atomic E-state index is 0.215. The molecule has 3 N–H and O–H groups in total. The molecule has 0 spiro atoms. The normalized spacial score (nSPS) is 19.4. The van der Waals surface area contributed by atoms with Crippen LogP contribution in [0.15, 0.2) is 0 Å². The summed E-state index contributed by atoms with van der Waals surface area (Å²) in [6.07, 6.45) is 2.69. The van der Waals surface area contributed by atoms with Crippen molar-refractivity contribution in [3.05, 3.63) is 0 Å². The molecule has 0 amide bonds. The van der Waals surface area contributed by atoms with Crippen molar-refractivity contribution in [2.45, 2.75) is 45.6 Å². The summed E-state index contributed by atoms with van der Waals surface area (Å²) in [5.41, 5.74) is 4.98. The first-order valence-electron chi connectivity index (χ1n) is 4.53. The maximum absolute atomic E-state index is 10.0. The third-order valence-corrected chi connectivity index (χ3v) is 2.57. The van der Waals surface area contributed by atoms with Crippen molar-refractivity contribution in [1.29, 1.82) is 0 Å². The topological polar surface area (TPSA) is 46.2 Å². The molecule has 0 saturated carbocycles. The van der Waals surface area contributed by atoms with Crippen LogP contribution in [0.1, 0.15) is 40.0 Å². The van der Waals surface area contributed by atoms with Gasteiger partial charge in [-0.1, -0.05) is 27.2 Å². The van der Waals surface area contributed by atoms with Gasteiger partial charge in [-0.3, -0.25) is 0 Å². The summed E-state index contributed by atoms with van der Waals surface area (Å²) in [4.78, 5) is 0. The van der Waals surface area contributed by atoms with Gasteiger partial charge in [0.1, 0.15) is 0 Å². The second kappa shape index (κ2) is 4.73. The lowest BCUT2D eigenvalue weighted by Crippen LogP contribution is -2.39. The third kappa shape index (κ3) is 2.80. The third-order valence-electron chi connectivity index (χ3n) is 2.57. The fourth-order valence-corrected chi connectivity index (χ4v) is 1.42. The zero-order valence-electron chi connectivity index (χ0n) is 7.93. The smallest absolute Gasteiger partial charge is 0.0682 e. The lowest BCUT2D eigenvalue weighted by atomic mass is 9.83. The van der Waals surface area contributed by atoms with Crippen LogP contribution in [-0.2, 0) is 0 Å². The quantitative estimate of drug-likeness (QED) is 0.639. The highest BCUT2D eigenvalue weighted by atomic mass is 16.3. The fourth-order valence-electron chi connectivity index (χ4n) is 1.42. The van der Waals surface area contributed by atoms with Crippen LogP contribution in [0.25, 0.3) is 0 Å². The molecule has 2 nitrogen and oxygen atoms in total. The van der Waals surface area contributed by atoms with Crippen molar-refractivity contribution in [3.8, 4) is 0 Å². The summed E-state index contributed by atoms with van der Waals surface area (Å²) < 4.78 is 0. The standard InChI is InChI=1S/C9H21NO/c1-4-6-9(11,5-2)8(3)7-10/h8,11H,4-7,10H2,1-3H3. The SMILES string of the molecule is CCCC(O)(CC)C(C)CN. The van der Waals surface area contributed by atoms with E-state index in [-0.39, 0.29) is 5.92 Å². The Balaban J connectivity index is 4.07. The van der Waals surface area contributed by atoms with E-state index >= 15 is 0 Å². The molecule has 0 aliphatic carbocycles. The molecule has 0 aromatic heterocycles. The Morgan fingerprint density at radius 3 is 2.27 bits per heavy atom. The van der Waals surface area contributed by atoms with E-state index in [0.29, 0.717) is 6.54 Å². The molecular weight excluding hydrogens is 138 g/mol. The largest absolute Gasteiger partial charge is 0.390 e. The molecule has 0 rings (SSSR count).